The standard InChI is InChI=1S/C9H9F.C4H10/c10-9-6-2-4-7-3-1-5-8(7)9;1-4(2)3/h2,4,6H,1,3,5H2;4H,1-3H3. The number of halogens is 1. The van der Waals surface area contributed by atoms with Crippen LogP contribution in [0.3, 0.4) is 0 Å². The first kappa shape index (κ1) is 11.2. The predicted octanol–water partition coefficient (Wildman–Crippen LogP) is 3.98. The average molecular weight is 194 g/mol. The van der Waals surface area contributed by atoms with Gasteiger partial charge in [0, 0.05) is 0 Å². The van der Waals surface area contributed by atoms with Crippen molar-refractivity contribution >= 4 is 0 Å². The van der Waals surface area contributed by atoms with Gasteiger partial charge in [-0.2, -0.15) is 0 Å². The van der Waals surface area contributed by atoms with Crippen LogP contribution in [-0.4, -0.2) is 0 Å². The molecule has 1 aromatic rings. The third kappa shape index (κ3) is 3.13. The van der Waals surface area contributed by atoms with E-state index in [0.29, 0.717) is 0 Å². The molecule has 0 amide bonds. The maximum atomic E-state index is 12.9. The highest BCUT2D eigenvalue weighted by Gasteiger charge is 2.13. The molecule has 0 aromatic heterocycles. The smallest absolute Gasteiger partial charge is 0.126 e. The molecule has 0 fully saturated rings. The molecule has 0 saturated carbocycles. The van der Waals surface area contributed by atoms with E-state index in [-0.39, 0.29) is 5.82 Å². The topological polar surface area (TPSA) is 0 Å². The molecule has 0 radical (unpaired) electrons. The van der Waals surface area contributed by atoms with Crippen LogP contribution in [0, 0.1) is 11.7 Å². The van der Waals surface area contributed by atoms with Crippen molar-refractivity contribution in [1.29, 1.82) is 0 Å². The highest BCUT2D eigenvalue weighted by atomic mass is 19.1. The Morgan fingerprint density at radius 2 is 1.79 bits per heavy atom. The molecule has 1 heteroatoms. The van der Waals surface area contributed by atoms with E-state index in [2.05, 4.69) is 20.8 Å². The predicted molar refractivity (Wildman–Crippen MR) is 58.9 cm³/mol. The van der Waals surface area contributed by atoms with Gasteiger partial charge < -0.3 is 0 Å². The highest BCUT2D eigenvalue weighted by Crippen LogP contribution is 2.23. The molecule has 2 rings (SSSR count). The van der Waals surface area contributed by atoms with Crippen LogP contribution in [0.2, 0.25) is 0 Å². The lowest BCUT2D eigenvalue weighted by Crippen LogP contribution is -1.85. The van der Waals surface area contributed by atoms with Gasteiger partial charge in [-0.15, -0.1) is 0 Å². The van der Waals surface area contributed by atoms with Gasteiger partial charge in [0.1, 0.15) is 5.82 Å². The molecule has 0 atom stereocenters. The molecule has 0 bridgehead atoms. The van der Waals surface area contributed by atoms with Gasteiger partial charge >= 0.3 is 0 Å². The summed E-state index contributed by atoms with van der Waals surface area (Å²) in [6, 6.07) is 5.36. The van der Waals surface area contributed by atoms with E-state index in [0.717, 1.165) is 30.7 Å². The Hall–Kier alpha value is -0.850. The van der Waals surface area contributed by atoms with E-state index in [1.807, 2.05) is 6.07 Å². The van der Waals surface area contributed by atoms with Gasteiger partial charge in [-0.3, -0.25) is 0 Å². The molecule has 0 aliphatic heterocycles. The van der Waals surface area contributed by atoms with Crippen molar-refractivity contribution in [3.05, 3.63) is 35.1 Å². The van der Waals surface area contributed by atoms with Crippen LogP contribution >= 0.6 is 0 Å². The Bertz CT molecular complexity index is 287. The Balaban J connectivity index is 0.000000213. The summed E-state index contributed by atoms with van der Waals surface area (Å²) in [5.74, 6) is 0.815. The summed E-state index contributed by atoms with van der Waals surface area (Å²) in [5, 5.41) is 0. The molecule has 0 saturated heterocycles. The molecular weight excluding hydrogens is 175 g/mol. The van der Waals surface area contributed by atoms with E-state index < -0.39 is 0 Å². The second-order valence-electron chi connectivity index (χ2n) is 4.46. The van der Waals surface area contributed by atoms with Gasteiger partial charge in [-0.05, 0) is 42.4 Å². The Kier molecular flexibility index (Phi) is 4.12. The van der Waals surface area contributed by atoms with Crippen molar-refractivity contribution in [3.8, 4) is 0 Å². The fourth-order valence-corrected chi connectivity index (χ4v) is 1.57. The number of rotatable bonds is 0. The quantitative estimate of drug-likeness (QED) is 0.586. The number of benzene rings is 1. The van der Waals surface area contributed by atoms with Crippen molar-refractivity contribution in [1.82, 2.24) is 0 Å². The largest absolute Gasteiger partial charge is 0.207 e. The summed E-state index contributed by atoms with van der Waals surface area (Å²) in [6.07, 6.45) is 3.12. The summed E-state index contributed by atoms with van der Waals surface area (Å²) in [4.78, 5) is 0. The third-order valence-electron chi connectivity index (χ3n) is 2.09. The SMILES string of the molecule is CC(C)C.Fc1cccc2c1CCC2. The molecule has 0 unspecified atom stereocenters. The van der Waals surface area contributed by atoms with Crippen molar-refractivity contribution in [2.45, 2.75) is 40.0 Å². The van der Waals surface area contributed by atoms with Crippen molar-refractivity contribution in [2.24, 2.45) is 5.92 Å². The normalized spacial score (nSPS) is 13.5. The minimum absolute atomic E-state index is 0.0185. The summed E-state index contributed by atoms with van der Waals surface area (Å²) < 4.78 is 12.9. The summed E-state index contributed by atoms with van der Waals surface area (Å²) in [6.45, 7) is 6.50. The lowest BCUT2D eigenvalue weighted by molar-refractivity contribution is 0.613. The maximum Gasteiger partial charge on any atom is 0.126 e. The van der Waals surface area contributed by atoms with Gasteiger partial charge in [-0.1, -0.05) is 32.9 Å². The van der Waals surface area contributed by atoms with E-state index in [4.69, 9.17) is 0 Å². The van der Waals surface area contributed by atoms with Crippen LogP contribution in [0.25, 0.3) is 0 Å². The molecule has 0 nitrogen and oxygen atoms in total. The maximum absolute atomic E-state index is 12.9. The van der Waals surface area contributed by atoms with Crippen LogP contribution < -0.4 is 0 Å². The second kappa shape index (κ2) is 5.14. The first-order valence-corrected chi connectivity index (χ1v) is 5.37. The summed E-state index contributed by atoms with van der Waals surface area (Å²) in [7, 11) is 0. The molecule has 0 heterocycles. The number of hydrogen-bond donors (Lipinski definition) is 0. The zero-order valence-corrected chi connectivity index (χ0v) is 9.31. The van der Waals surface area contributed by atoms with Crippen LogP contribution in [0.5, 0.6) is 0 Å². The van der Waals surface area contributed by atoms with Gasteiger partial charge in [0.2, 0.25) is 0 Å². The van der Waals surface area contributed by atoms with Gasteiger partial charge in [-0.25, -0.2) is 4.39 Å². The zero-order chi connectivity index (χ0) is 10.6. The van der Waals surface area contributed by atoms with Crippen LogP contribution in [0.4, 0.5) is 4.39 Å². The van der Waals surface area contributed by atoms with Crippen LogP contribution in [0.1, 0.15) is 38.3 Å². The first-order valence-electron chi connectivity index (χ1n) is 5.37. The molecule has 1 aliphatic carbocycles. The highest BCUT2D eigenvalue weighted by molar-refractivity contribution is 5.32. The third-order valence-corrected chi connectivity index (χ3v) is 2.09. The zero-order valence-electron chi connectivity index (χ0n) is 9.31. The minimum atomic E-state index is -0.0185. The minimum Gasteiger partial charge on any atom is -0.207 e. The van der Waals surface area contributed by atoms with Gasteiger partial charge in [0.05, 0.1) is 0 Å². The van der Waals surface area contributed by atoms with E-state index >= 15 is 0 Å². The van der Waals surface area contributed by atoms with Crippen molar-refractivity contribution in [2.75, 3.05) is 0 Å². The van der Waals surface area contributed by atoms with Crippen molar-refractivity contribution in [3.63, 3.8) is 0 Å². The molecule has 1 aliphatic rings. The molecule has 1 aromatic carbocycles. The van der Waals surface area contributed by atoms with Gasteiger partial charge in [0.25, 0.3) is 0 Å². The van der Waals surface area contributed by atoms with Gasteiger partial charge in [0.15, 0.2) is 0 Å². The molecule has 14 heavy (non-hydrogen) atoms. The number of fused-ring (bicyclic) bond motifs is 1. The Morgan fingerprint density at radius 3 is 2.36 bits per heavy atom. The Morgan fingerprint density at radius 1 is 1.14 bits per heavy atom. The van der Waals surface area contributed by atoms with Crippen LogP contribution in [-0.2, 0) is 12.8 Å². The monoisotopic (exact) mass is 194 g/mol. The summed E-state index contributed by atoms with van der Waals surface area (Å²) >= 11 is 0. The molecule has 0 N–H and O–H groups in total. The van der Waals surface area contributed by atoms with Crippen LogP contribution in [0.15, 0.2) is 18.2 Å². The lowest BCUT2D eigenvalue weighted by Gasteiger charge is -1.97. The Labute approximate surface area is 86.2 Å². The second-order valence-corrected chi connectivity index (χ2v) is 4.46. The molecule has 78 valence electrons. The van der Waals surface area contributed by atoms with Crippen molar-refractivity contribution < 1.29 is 4.39 Å². The fraction of sp³-hybridized carbons (Fsp3) is 0.538. The summed E-state index contributed by atoms with van der Waals surface area (Å²) in [5.41, 5.74) is 2.16. The number of hydrogen-bond acceptors (Lipinski definition) is 0. The van der Waals surface area contributed by atoms with E-state index in [1.165, 1.54) is 5.56 Å². The lowest BCUT2D eigenvalue weighted by atomic mass is 10.1. The van der Waals surface area contributed by atoms with E-state index in [9.17, 15) is 4.39 Å². The first-order chi connectivity index (χ1) is 6.61. The average Bonchev–Trinajstić information content (AvgIpc) is 2.52. The fourth-order valence-electron chi connectivity index (χ4n) is 1.57. The van der Waals surface area contributed by atoms with E-state index in [1.54, 1.807) is 12.1 Å². The number of aryl methyl sites for hydroxylation is 1. The molecular formula is C13H19F. The molecule has 0 spiro atoms.